The average molecular weight is 553 g/mol. The maximum atomic E-state index is 13.3. The van der Waals surface area contributed by atoms with E-state index in [0.29, 0.717) is 5.69 Å². The molecule has 4 rings (SSSR count). The number of carbonyl (C=O) groups excluding carboxylic acids is 2. The molecule has 9 heteroatoms. The Bertz CT molecular complexity index is 1710. The van der Waals surface area contributed by atoms with Crippen LogP contribution in [0.1, 0.15) is 59.5 Å². The van der Waals surface area contributed by atoms with Crippen molar-refractivity contribution in [3.05, 3.63) is 106 Å². The highest BCUT2D eigenvalue weighted by Crippen LogP contribution is 2.31. The van der Waals surface area contributed by atoms with E-state index < -0.39 is 23.6 Å². The molecule has 0 bridgehead atoms. The van der Waals surface area contributed by atoms with Crippen LogP contribution in [0.2, 0.25) is 0 Å². The summed E-state index contributed by atoms with van der Waals surface area (Å²) in [5.41, 5.74) is 4.99. The summed E-state index contributed by atoms with van der Waals surface area (Å²) in [6.45, 7) is 5.19. The molecule has 4 aromatic carbocycles. The van der Waals surface area contributed by atoms with Gasteiger partial charge in [0.15, 0.2) is 5.78 Å². The Labute approximate surface area is 236 Å². The van der Waals surface area contributed by atoms with Crippen LogP contribution in [0.4, 0.5) is 11.4 Å². The lowest BCUT2D eigenvalue weighted by Gasteiger charge is -2.14. The minimum absolute atomic E-state index is 0.0397. The number of rotatable bonds is 9. The number of nitrogens with one attached hydrogen (secondary N) is 2. The summed E-state index contributed by atoms with van der Waals surface area (Å²) in [4.78, 5) is 48.5. The van der Waals surface area contributed by atoms with E-state index >= 15 is 0 Å². The highest BCUT2D eigenvalue weighted by molar-refractivity contribution is 6.11. The van der Waals surface area contributed by atoms with E-state index in [0.717, 1.165) is 27.9 Å². The predicted molar refractivity (Wildman–Crippen MR) is 156 cm³/mol. The second-order valence-electron chi connectivity index (χ2n) is 9.45. The number of ether oxygens (including phenoxy) is 1. The van der Waals surface area contributed by atoms with Crippen molar-refractivity contribution in [2.24, 2.45) is 0 Å². The van der Waals surface area contributed by atoms with Gasteiger partial charge in [0.25, 0.3) is 5.91 Å². The van der Waals surface area contributed by atoms with Gasteiger partial charge in [-0.3, -0.25) is 9.59 Å². The van der Waals surface area contributed by atoms with Crippen molar-refractivity contribution in [1.82, 2.24) is 0 Å². The van der Waals surface area contributed by atoms with Crippen LogP contribution in [0.3, 0.4) is 0 Å². The van der Waals surface area contributed by atoms with Crippen LogP contribution in [0, 0.1) is 13.8 Å². The van der Waals surface area contributed by atoms with E-state index in [2.05, 4.69) is 10.6 Å². The highest BCUT2D eigenvalue weighted by Gasteiger charge is 2.20. The number of carboxylic acid groups (broad SMARTS) is 2. The molecular weight excluding hydrogens is 524 g/mol. The fraction of sp³-hybridized carbons (Fsp3) is 0.125. The number of hydrogen-bond acceptors (Lipinski definition) is 6. The van der Waals surface area contributed by atoms with Crippen molar-refractivity contribution in [2.45, 2.75) is 20.8 Å². The van der Waals surface area contributed by atoms with Crippen molar-refractivity contribution >= 4 is 35.0 Å². The zero-order valence-corrected chi connectivity index (χ0v) is 22.9. The quantitative estimate of drug-likeness (QED) is 0.169. The molecule has 0 unspecified atom stereocenters. The van der Waals surface area contributed by atoms with E-state index in [1.807, 2.05) is 51.2 Å². The van der Waals surface area contributed by atoms with Gasteiger partial charge >= 0.3 is 11.9 Å². The van der Waals surface area contributed by atoms with Gasteiger partial charge < -0.3 is 25.6 Å². The summed E-state index contributed by atoms with van der Waals surface area (Å²) in [6, 6.07) is 19.3. The van der Waals surface area contributed by atoms with E-state index in [4.69, 9.17) is 4.74 Å². The minimum Gasteiger partial charge on any atom is -0.478 e. The summed E-state index contributed by atoms with van der Waals surface area (Å²) in [5.74, 6) is -3.38. The number of benzene rings is 4. The number of carbonyl (C=O) groups is 4. The number of carboxylic acids is 2. The fourth-order valence-electron chi connectivity index (χ4n) is 4.53. The monoisotopic (exact) mass is 552 g/mol. The third kappa shape index (κ3) is 6.25. The first kappa shape index (κ1) is 28.6. The fourth-order valence-corrected chi connectivity index (χ4v) is 4.53. The number of aromatic carboxylic acids is 2. The topological polar surface area (TPSA) is 142 Å². The molecule has 4 aromatic rings. The highest BCUT2D eigenvalue weighted by atomic mass is 16.5. The number of anilines is 2. The van der Waals surface area contributed by atoms with Gasteiger partial charge in [0.1, 0.15) is 11.5 Å². The summed E-state index contributed by atoms with van der Waals surface area (Å²) < 4.78 is 5.77. The zero-order chi connectivity index (χ0) is 29.8. The SMILES string of the molecule is CNc1ccc(-c2ccc(NC(=O)c3cc(Oc4ccc(C(=O)O)c(C(C)=O)c4)ccc3C(=O)O)cc2C)c(C)c1. The molecule has 0 heterocycles. The van der Waals surface area contributed by atoms with Crippen molar-refractivity contribution in [1.29, 1.82) is 0 Å². The summed E-state index contributed by atoms with van der Waals surface area (Å²) >= 11 is 0. The molecule has 208 valence electrons. The molecule has 1 amide bonds. The molecule has 0 saturated heterocycles. The third-order valence-electron chi connectivity index (χ3n) is 6.59. The molecule has 0 aromatic heterocycles. The summed E-state index contributed by atoms with van der Waals surface area (Å²) in [7, 11) is 1.86. The molecular formula is C32H28N2O7. The number of hydrogen-bond donors (Lipinski definition) is 4. The predicted octanol–water partition coefficient (Wildman–Crippen LogP) is 6.66. The van der Waals surface area contributed by atoms with E-state index in [1.54, 1.807) is 6.07 Å². The second-order valence-corrected chi connectivity index (χ2v) is 9.45. The Morgan fingerprint density at radius 2 is 1.12 bits per heavy atom. The summed E-state index contributed by atoms with van der Waals surface area (Å²) in [6.07, 6.45) is 0. The van der Waals surface area contributed by atoms with Crippen LogP contribution in [0.5, 0.6) is 11.5 Å². The van der Waals surface area contributed by atoms with Crippen LogP contribution >= 0.6 is 0 Å². The standard InChI is InChI=1S/C32H28N2O7/c1-17-13-20(33-4)5-9-24(17)25-10-6-21(14-18(25)2)34-30(36)29-16-23(8-12-27(29)32(39)40)41-22-7-11-26(31(37)38)28(15-22)19(3)35/h5-16,33H,1-4H3,(H,34,36)(H,37,38)(H,39,40). The summed E-state index contributed by atoms with van der Waals surface area (Å²) in [5, 5.41) is 24.9. The molecule has 0 spiro atoms. The number of ketones is 1. The van der Waals surface area contributed by atoms with E-state index in [9.17, 15) is 29.4 Å². The van der Waals surface area contributed by atoms with Gasteiger partial charge in [-0.25, -0.2) is 9.59 Å². The largest absolute Gasteiger partial charge is 0.478 e. The first-order chi connectivity index (χ1) is 19.5. The Morgan fingerprint density at radius 1 is 0.634 bits per heavy atom. The van der Waals surface area contributed by atoms with Crippen molar-refractivity contribution in [3.8, 4) is 22.6 Å². The van der Waals surface area contributed by atoms with Gasteiger partial charge in [-0.2, -0.15) is 0 Å². The maximum Gasteiger partial charge on any atom is 0.336 e. The third-order valence-corrected chi connectivity index (χ3v) is 6.59. The van der Waals surface area contributed by atoms with Gasteiger partial charge in [0.2, 0.25) is 0 Å². The van der Waals surface area contributed by atoms with Crippen LogP contribution in [-0.4, -0.2) is 40.9 Å². The minimum atomic E-state index is -1.29. The average Bonchev–Trinajstić information content (AvgIpc) is 2.93. The van der Waals surface area contributed by atoms with Gasteiger partial charge in [-0.05, 0) is 104 Å². The Hall–Kier alpha value is -5.44. The van der Waals surface area contributed by atoms with Crippen molar-refractivity contribution in [3.63, 3.8) is 0 Å². The van der Waals surface area contributed by atoms with Gasteiger partial charge in [0, 0.05) is 24.0 Å². The lowest BCUT2D eigenvalue weighted by atomic mass is 9.95. The molecule has 9 nitrogen and oxygen atoms in total. The molecule has 0 atom stereocenters. The van der Waals surface area contributed by atoms with Crippen LogP contribution in [0.15, 0.2) is 72.8 Å². The first-order valence-corrected chi connectivity index (χ1v) is 12.6. The molecule has 0 saturated carbocycles. The molecule has 41 heavy (non-hydrogen) atoms. The van der Waals surface area contributed by atoms with Crippen LogP contribution < -0.4 is 15.4 Å². The molecule has 0 aliphatic heterocycles. The van der Waals surface area contributed by atoms with Gasteiger partial charge in [-0.15, -0.1) is 0 Å². The molecule has 0 aliphatic carbocycles. The second kappa shape index (κ2) is 11.7. The Balaban J connectivity index is 1.61. The lowest BCUT2D eigenvalue weighted by Crippen LogP contribution is -2.16. The smallest absolute Gasteiger partial charge is 0.336 e. The number of Topliss-reactive ketones (excluding diaryl/α,β-unsaturated/α-hetero) is 1. The van der Waals surface area contributed by atoms with Crippen LogP contribution in [0.25, 0.3) is 11.1 Å². The number of amides is 1. The molecule has 0 fully saturated rings. The first-order valence-electron chi connectivity index (χ1n) is 12.6. The number of aryl methyl sites for hydroxylation is 2. The Morgan fingerprint density at radius 3 is 1.61 bits per heavy atom. The van der Waals surface area contributed by atoms with Crippen molar-refractivity contribution < 1.29 is 34.1 Å². The lowest BCUT2D eigenvalue weighted by molar-refractivity contribution is 0.0683. The van der Waals surface area contributed by atoms with E-state index in [-0.39, 0.29) is 33.8 Å². The van der Waals surface area contributed by atoms with Crippen LogP contribution in [-0.2, 0) is 0 Å². The molecule has 0 aliphatic rings. The Kier molecular flexibility index (Phi) is 8.19. The zero-order valence-electron chi connectivity index (χ0n) is 22.9. The molecule has 4 N–H and O–H groups in total. The molecule has 0 radical (unpaired) electrons. The normalized spacial score (nSPS) is 10.5. The van der Waals surface area contributed by atoms with Crippen molar-refractivity contribution in [2.75, 3.05) is 17.7 Å². The maximum absolute atomic E-state index is 13.3. The van der Waals surface area contributed by atoms with Gasteiger partial charge in [-0.1, -0.05) is 12.1 Å². The van der Waals surface area contributed by atoms with E-state index in [1.165, 1.54) is 43.3 Å². The van der Waals surface area contributed by atoms with Gasteiger partial charge in [0.05, 0.1) is 16.7 Å².